The summed E-state index contributed by atoms with van der Waals surface area (Å²) in [7, 11) is 0. The smallest absolute Gasteiger partial charge is 0.126 e. The SMILES string of the molecule is Fc1ccccc1C(CBr)Cc1ccccc1Br. The predicted octanol–water partition coefficient (Wildman–Crippen LogP) is 5.31. The summed E-state index contributed by atoms with van der Waals surface area (Å²) in [6.45, 7) is 0. The average molecular weight is 372 g/mol. The monoisotopic (exact) mass is 370 g/mol. The van der Waals surface area contributed by atoms with Crippen molar-refractivity contribution < 1.29 is 4.39 Å². The minimum Gasteiger partial charge on any atom is -0.207 e. The number of alkyl halides is 1. The van der Waals surface area contributed by atoms with E-state index in [1.165, 1.54) is 11.6 Å². The highest BCUT2D eigenvalue weighted by molar-refractivity contribution is 9.10. The van der Waals surface area contributed by atoms with Crippen LogP contribution in [0.15, 0.2) is 53.0 Å². The van der Waals surface area contributed by atoms with Gasteiger partial charge in [-0.3, -0.25) is 0 Å². The Bertz CT molecular complexity index is 525. The van der Waals surface area contributed by atoms with E-state index < -0.39 is 0 Å². The summed E-state index contributed by atoms with van der Waals surface area (Å²) in [5.74, 6) is 0.0129. The van der Waals surface area contributed by atoms with Gasteiger partial charge in [-0.1, -0.05) is 68.3 Å². The Kier molecular flexibility index (Phi) is 4.95. The normalized spacial score (nSPS) is 12.4. The van der Waals surface area contributed by atoms with Crippen molar-refractivity contribution in [1.82, 2.24) is 0 Å². The number of benzene rings is 2. The molecule has 0 amide bonds. The Morgan fingerprint density at radius 2 is 1.67 bits per heavy atom. The van der Waals surface area contributed by atoms with Crippen LogP contribution in [0.4, 0.5) is 4.39 Å². The van der Waals surface area contributed by atoms with Gasteiger partial charge in [0.05, 0.1) is 0 Å². The zero-order chi connectivity index (χ0) is 13.0. The molecule has 2 aromatic carbocycles. The first-order chi connectivity index (χ1) is 8.72. The number of halogens is 3. The molecule has 1 atom stereocenters. The molecule has 0 aliphatic rings. The van der Waals surface area contributed by atoms with Crippen molar-refractivity contribution in [2.24, 2.45) is 0 Å². The number of hydrogen-bond donors (Lipinski definition) is 0. The average Bonchev–Trinajstić information content (AvgIpc) is 2.39. The third-order valence-corrected chi connectivity index (χ3v) is 4.51. The molecule has 0 heterocycles. The van der Waals surface area contributed by atoms with Crippen molar-refractivity contribution >= 4 is 31.9 Å². The second-order valence-corrected chi connectivity index (χ2v) is 5.67. The molecule has 0 bridgehead atoms. The van der Waals surface area contributed by atoms with Crippen LogP contribution < -0.4 is 0 Å². The fraction of sp³-hybridized carbons (Fsp3) is 0.200. The van der Waals surface area contributed by atoms with Gasteiger partial charge in [-0.15, -0.1) is 0 Å². The second kappa shape index (κ2) is 6.48. The standard InChI is InChI=1S/C15H13Br2F/c16-10-12(13-6-2-4-8-15(13)18)9-11-5-1-3-7-14(11)17/h1-8,12H,9-10H2. The summed E-state index contributed by atoms with van der Waals surface area (Å²) in [4.78, 5) is 0. The molecule has 0 fully saturated rings. The molecule has 0 aliphatic heterocycles. The summed E-state index contributed by atoms with van der Waals surface area (Å²) >= 11 is 7.02. The van der Waals surface area contributed by atoms with Gasteiger partial charge in [0.2, 0.25) is 0 Å². The topological polar surface area (TPSA) is 0 Å². The molecule has 0 N–H and O–H groups in total. The van der Waals surface area contributed by atoms with Gasteiger partial charge < -0.3 is 0 Å². The molecular formula is C15H13Br2F. The van der Waals surface area contributed by atoms with E-state index in [2.05, 4.69) is 37.9 Å². The van der Waals surface area contributed by atoms with Crippen LogP contribution in [0.5, 0.6) is 0 Å². The van der Waals surface area contributed by atoms with Crippen LogP contribution in [0.2, 0.25) is 0 Å². The lowest BCUT2D eigenvalue weighted by molar-refractivity contribution is 0.590. The first-order valence-electron chi connectivity index (χ1n) is 5.76. The first kappa shape index (κ1) is 13.8. The molecule has 0 saturated heterocycles. The zero-order valence-electron chi connectivity index (χ0n) is 9.74. The Hall–Kier alpha value is -0.670. The molecule has 0 saturated carbocycles. The van der Waals surface area contributed by atoms with E-state index in [1.807, 2.05) is 30.3 Å². The fourth-order valence-corrected chi connectivity index (χ4v) is 3.01. The third kappa shape index (κ3) is 3.21. The molecule has 18 heavy (non-hydrogen) atoms. The highest BCUT2D eigenvalue weighted by Crippen LogP contribution is 2.28. The first-order valence-corrected chi connectivity index (χ1v) is 7.67. The molecule has 3 heteroatoms. The van der Waals surface area contributed by atoms with E-state index in [1.54, 1.807) is 6.07 Å². The highest BCUT2D eigenvalue weighted by atomic mass is 79.9. The third-order valence-electron chi connectivity index (χ3n) is 2.96. The van der Waals surface area contributed by atoms with Crippen LogP contribution in [-0.4, -0.2) is 5.33 Å². The van der Waals surface area contributed by atoms with Crippen molar-refractivity contribution in [3.8, 4) is 0 Å². The van der Waals surface area contributed by atoms with Gasteiger partial charge in [0.1, 0.15) is 5.82 Å². The van der Waals surface area contributed by atoms with E-state index in [9.17, 15) is 4.39 Å². The fourth-order valence-electron chi connectivity index (χ4n) is 1.98. The molecular weight excluding hydrogens is 359 g/mol. The van der Waals surface area contributed by atoms with Crippen molar-refractivity contribution in [3.63, 3.8) is 0 Å². The van der Waals surface area contributed by atoms with Crippen molar-refractivity contribution in [3.05, 3.63) is 69.9 Å². The number of rotatable bonds is 4. The summed E-state index contributed by atoms with van der Waals surface area (Å²) < 4.78 is 14.9. The van der Waals surface area contributed by atoms with Crippen LogP contribution in [0.25, 0.3) is 0 Å². The second-order valence-electron chi connectivity index (χ2n) is 4.17. The van der Waals surface area contributed by atoms with Gasteiger partial charge >= 0.3 is 0 Å². The summed E-state index contributed by atoms with van der Waals surface area (Å²) in [5.41, 5.74) is 1.97. The van der Waals surface area contributed by atoms with Crippen molar-refractivity contribution in [2.75, 3.05) is 5.33 Å². The largest absolute Gasteiger partial charge is 0.207 e. The van der Waals surface area contributed by atoms with E-state index in [4.69, 9.17) is 0 Å². The minimum atomic E-state index is -0.131. The lowest BCUT2D eigenvalue weighted by Crippen LogP contribution is -2.07. The van der Waals surface area contributed by atoms with Gasteiger partial charge in [-0.25, -0.2) is 4.39 Å². The zero-order valence-corrected chi connectivity index (χ0v) is 12.9. The van der Waals surface area contributed by atoms with Crippen LogP contribution in [0.3, 0.4) is 0 Å². The van der Waals surface area contributed by atoms with Gasteiger partial charge in [0.15, 0.2) is 0 Å². The maximum Gasteiger partial charge on any atom is 0.126 e. The lowest BCUT2D eigenvalue weighted by Gasteiger charge is -2.16. The highest BCUT2D eigenvalue weighted by Gasteiger charge is 2.15. The number of hydrogen-bond acceptors (Lipinski definition) is 0. The van der Waals surface area contributed by atoms with Crippen LogP contribution in [0.1, 0.15) is 17.0 Å². The molecule has 0 spiro atoms. The van der Waals surface area contributed by atoms with Crippen LogP contribution in [0, 0.1) is 5.82 Å². The van der Waals surface area contributed by atoms with E-state index in [0.717, 1.165) is 21.8 Å². The Balaban J connectivity index is 2.26. The Morgan fingerprint density at radius 1 is 1.00 bits per heavy atom. The minimum absolute atomic E-state index is 0.131. The molecule has 2 aromatic rings. The predicted molar refractivity (Wildman–Crippen MR) is 80.8 cm³/mol. The van der Waals surface area contributed by atoms with Crippen LogP contribution >= 0.6 is 31.9 Å². The quantitative estimate of drug-likeness (QED) is 0.639. The van der Waals surface area contributed by atoms with Gasteiger partial charge in [-0.2, -0.15) is 0 Å². The van der Waals surface area contributed by atoms with Gasteiger partial charge in [0.25, 0.3) is 0 Å². The molecule has 94 valence electrons. The Morgan fingerprint density at radius 3 is 2.33 bits per heavy atom. The maximum atomic E-state index is 13.8. The molecule has 0 aliphatic carbocycles. The van der Waals surface area contributed by atoms with Gasteiger partial charge in [-0.05, 0) is 29.7 Å². The summed E-state index contributed by atoms with van der Waals surface area (Å²) in [6.07, 6.45) is 0.813. The van der Waals surface area contributed by atoms with E-state index in [0.29, 0.717) is 0 Å². The van der Waals surface area contributed by atoms with Crippen molar-refractivity contribution in [2.45, 2.75) is 12.3 Å². The molecule has 1 unspecified atom stereocenters. The summed E-state index contributed by atoms with van der Waals surface area (Å²) in [6, 6.07) is 15.1. The van der Waals surface area contributed by atoms with Gasteiger partial charge in [0, 0.05) is 15.7 Å². The Labute approximate surface area is 123 Å². The molecule has 0 nitrogen and oxygen atoms in total. The molecule has 2 rings (SSSR count). The van der Waals surface area contributed by atoms with Crippen LogP contribution in [-0.2, 0) is 6.42 Å². The maximum absolute atomic E-state index is 13.8. The van der Waals surface area contributed by atoms with E-state index >= 15 is 0 Å². The lowest BCUT2D eigenvalue weighted by atomic mass is 9.93. The van der Waals surface area contributed by atoms with E-state index in [-0.39, 0.29) is 11.7 Å². The summed E-state index contributed by atoms with van der Waals surface area (Å²) in [5, 5.41) is 0.745. The van der Waals surface area contributed by atoms with Crippen molar-refractivity contribution in [1.29, 1.82) is 0 Å². The molecule has 0 aromatic heterocycles. The molecule has 0 radical (unpaired) electrons.